The lowest BCUT2D eigenvalue weighted by atomic mass is 10.1. The summed E-state index contributed by atoms with van der Waals surface area (Å²) in [4.78, 5) is 0. The molecule has 0 spiro atoms. The smallest absolute Gasteiger partial charge is 0.119 e. The van der Waals surface area contributed by atoms with Gasteiger partial charge in [-0.25, -0.2) is 0 Å². The predicted molar refractivity (Wildman–Crippen MR) is 92.9 cm³/mol. The van der Waals surface area contributed by atoms with Gasteiger partial charge in [-0.1, -0.05) is 12.1 Å². The van der Waals surface area contributed by atoms with Crippen LogP contribution in [0.3, 0.4) is 0 Å². The molecule has 4 nitrogen and oxygen atoms in total. The van der Waals surface area contributed by atoms with E-state index in [1.807, 2.05) is 12.1 Å². The highest BCUT2D eigenvalue weighted by atomic mass is 16.5. The molecule has 1 aliphatic rings. The summed E-state index contributed by atoms with van der Waals surface area (Å²) in [6.07, 6.45) is 3.10. The molecule has 1 aromatic rings. The monoisotopic (exact) mass is 321 g/mol. The Morgan fingerprint density at radius 1 is 1.22 bits per heavy atom. The quantitative estimate of drug-likeness (QED) is 0.651. The molecule has 23 heavy (non-hydrogen) atoms. The van der Waals surface area contributed by atoms with Crippen LogP contribution in [0.15, 0.2) is 24.3 Å². The minimum absolute atomic E-state index is 0.00417. The zero-order valence-corrected chi connectivity index (χ0v) is 14.7. The average molecular weight is 321 g/mol. The van der Waals surface area contributed by atoms with Gasteiger partial charge in [0.15, 0.2) is 0 Å². The number of hydrogen-bond acceptors (Lipinski definition) is 4. The molecule has 0 amide bonds. The van der Waals surface area contributed by atoms with Crippen molar-refractivity contribution < 1.29 is 14.6 Å². The molecule has 0 saturated heterocycles. The summed E-state index contributed by atoms with van der Waals surface area (Å²) in [7, 11) is 0. The van der Waals surface area contributed by atoms with Gasteiger partial charge < -0.3 is 19.9 Å². The zero-order valence-electron chi connectivity index (χ0n) is 14.7. The Labute approximate surface area is 140 Å². The normalized spacial score (nSPS) is 16.3. The van der Waals surface area contributed by atoms with Crippen LogP contribution in [0, 0.1) is 5.92 Å². The third-order valence-electron chi connectivity index (χ3n) is 3.82. The second-order valence-electron chi connectivity index (χ2n) is 7.51. The van der Waals surface area contributed by atoms with E-state index in [4.69, 9.17) is 9.47 Å². The van der Waals surface area contributed by atoms with Crippen LogP contribution in [0.25, 0.3) is 0 Å². The van der Waals surface area contributed by atoms with Gasteiger partial charge in [0.1, 0.15) is 18.5 Å². The molecule has 1 aromatic carbocycles. The summed E-state index contributed by atoms with van der Waals surface area (Å²) < 4.78 is 11.3. The topological polar surface area (TPSA) is 50.7 Å². The summed E-state index contributed by atoms with van der Waals surface area (Å²) >= 11 is 0. The third kappa shape index (κ3) is 8.35. The zero-order chi connectivity index (χ0) is 16.7. The van der Waals surface area contributed by atoms with Gasteiger partial charge in [-0.05, 0) is 63.6 Å². The van der Waals surface area contributed by atoms with Crippen molar-refractivity contribution in [2.75, 3.05) is 26.4 Å². The molecule has 0 aromatic heterocycles. The molecule has 1 atom stereocenters. The van der Waals surface area contributed by atoms with Gasteiger partial charge in [-0.2, -0.15) is 0 Å². The maximum Gasteiger partial charge on any atom is 0.119 e. The first-order valence-electron chi connectivity index (χ1n) is 8.65. The lowest BCUT2D eigenvalue weighted by molar-refractivity contribution is 0.100. The molecule has 130 valence electrons. The summed E-state index contributed by atoms with van der Waals surface area (Å²) in [5.41, 5.74) is 1.26. The van der Waals surface area contributed by atoms with E-state index in [0.29, 0.717) is 13.2 Å². The van der Waals surface area contributed by atoms with Crippen molar-refractivity contribution in [2.24, 2.45) is 5.92 Å². The van der Waals surface area contributed by atoms with Crippen LogP contribution in [-0.4, -0.2) is 43.1 Å². The van der Waals surface area contributed by atoms with Gasteiger partial charge in [0.25, 0.3) is 0 Å². The standard InChI is InChI=1S/C19H31NO3/c1-19(2,3)20-12-17(21)14-23-18-8-6-15(7-9-18)10-11-22-13-16-4-5-16/h6-9,16-17,20-21H,4-5,10-14H2,1-3H3. The van der Waals surface area contributed by atoms with E-state index in [1.54, 1.807) is 0 Å². The van der Waals surface area contributed by atoms with E-state index >= 15 is 0 Å². The lowest BCUT2D eigenvalue weighted by Gasteiger charge is -2.23. The number of nitrogens with one attached hydrogen (secondary N) is 1. The Morgan fingerprint density at radius 2 is 1.91 bits per heavy atom. The van der Waals surface area contributed by atoms with E-state index in [1.165, 1.54) is 18.4 Å². The van der Waals surface area contributed by atoms with Crippen molar-refractivity contribution >= 4 is 0 Å². The van der Waals surface area contributed by atoms with Crippen LogP contribution in [0.2, 0.25) is 0 Å². The van der Waals surface area contributed by atoms with Gasteiger partial charge in [0.2, 0.25) is 0 Å². The molecule has 1 aliphatic carbocycles. The van der Waals surface area contributed by atoms with Crippen molar-refractivity contribution in [1.29, 1.82) is 0 Å². The number of aliphatic hydroxyl groups is 1. The van der Waals surface area contributed by atoms with E-state index in [0.717, 1.165) is 31.3 Å². The Hall–Kier alpha value is -1.10. The van der Waals surface area contributed by atoms with Crippen LogP contribution >= 0.6 is 0 Å². The highest BCUT2D eigenvalue weighted by molar-refractivity contribution is 5.27. The molecule has 1 unspecified atom stereocenters. The number of hydrogen-bond donors (Lipinski definition) is 2. The molecular weight excluding hydrogens is 290 g/mol. The number of aliphatic hydroxyl groups excluding tert-OH is 1. The van der Waals surface area contributed by atoms with Crippen molar-refractivity contribution in [1.82, 2.24) is 5.32 Å². The van der Waals surface area contributed by atoms with Gasteiger partial charge in [0, 0.05) is 18.7 Å². The Bertz CT molecular complexity index is 449. The first-order valence-corrected chi connectivity index (χ1v) is 8.65. The Balaban J connectivity index is 1.61. The Morgan fingerprint density at radius 3 is 2.52 bits per heavy atom. The lowest BCUT2D eigenvalue weighted by Crippen LogP contribution is -2.42. The summed E-state index contributed by atoms with van der Waals surface area (Å²) in [6, 6.07) is 8.05. The van der Waals surface area contributed by atoms with E-state index in [-0.39, 0.29) is 5.54 Å². The molecular formula is C19H31NO3. The summed E-state index contributed by atoms with van der Waals surface area (Å²) in [6.45, 7) is 8.76. The van der Waals surface area contributed by atoms with Gasteiger partial charge in [-0.3, -0.25) is 0 Å². The van der Waals surface area contributed by atoms with Crippen LogP contribution in [0.5, 0.6) is 5.75 Å². The molecule has 1 saturated carbocycles. The van der Waals surface area contributed by atoms with Crippen LogP contribution < -0.4 is 10.1 Å². The fraction of sp³-hybridized carbons (Fsp3) is 0.684. The molecule has 0 radical (unpaired) electrons. The minimum atomic E-state index is -0.510. The molecule has 0 heterocycles. The van der Waals surface area contributed by atoms with Gasteiger partial charge in [-0.15, -0.1) is 0 Å². The highest BCUT2D eigenvalue weighted by Crippen LogP contribution is 2.28. The third-order valence-corrected chi connectivity index (χ3v) is 3.82. The molecule has 0 aliphatic heterocycles. The average Bonchev–Trinajstić information content (AvgIpc) is 3.32. The van der Waals surface area contributed by atoms with Crippen molar-refractivity contribution in [3.63, 3.8) is 0 Å². The first-order chi connectivity index (χ1) is 10.9. The summed E-state index contributed by atoms with van der Waals surface area (Å²) in [5.74, 6) is 1.62. The minimum Gasteiger partial charge on any atom is -0.491 e. The molecule has 2 rings (SSSR count). The number of β-amino-alcohol motifs (C(OH)–C–C–N with tert-alkyl or cyclic N) is 1. The van der Waals surface area contributed by atoms with E-state index in [9.17, 15) is 5.11 Å². The number of ether oxygens (including phenoxy) is 2. The van der Waals surface area contributed by atoms with Crippen LogP contribution in [-0.2, 0) is 11.2 Å². The molecule has 1 fully saturated rings. The molecule has 0 bridgehead atoms. The maximum atomic E-state index is 9.92. The summed E-state index contributed by atoms with van der Waals surface area (Å²) in [5, 5.41) is 13.2. The fourth-order valence-electron chi connectivity index (χ4n) is 2.15. The van der Waals surface area contributed by atoms with Crippen molar-refractivity contribution in [3.8, 4) is 5.75 Å². The van der Waals surface area contributed by atoms with E-state index < -0.39 is 6.10 Å². The van der Waals surface area contributed by atoms with E-state index in [2.05, 4.69) is 38.2 Å². The van der Waals surface area contributed by atoms with Crippen molar-refractivity contribution in [2.45, 2.75) is 51.7 Å². The maximum absolute atomic E-state index is 9.92. The Kier molecular flexibility index (Phi) is 6.88. The SMILES string of the molecule is CC(C)(C)NCC(O)COc1ccc(CCOCC2CC2)cc1. The van der Waals surface area contributed by atoms with Crippen LogP contribution in [0.1, 0.15) is 39.2 Å². The second kappa shape index (κ2) is 8.67. The van der Waals surface area contributed by atoms with Crippen LogP contribution in [0.4, 0.5) is 0 Å². The predicted octanol–water partition coefficient (Wildman–Crippen LogP) is 2.78. The highest BCUT2D eigenvalue weighted by Gasteiger charge is 2.20. The molecule has 2 N–H and O–H groups in total. The molecule has 4 heteroatoms. The number of rotatable bonds is 10. The van der Waals surface area contributed by atoms with Gasteiger partial charge >= 0.3 is 0 Å². The second-order valence-corrected chi connectivity index (χ2v) is 7.51. The van der Waals surface area contributed by atoms with Crippen molar-refractivity contribution in [3.05, 3.63) is 29.8 Å². The van der Waals surface area contributed by atoms with Gasteiger partial charge in [0.05, 0.1) is 6.61 Å². The first kappa shape index (κ1) is 18.2. The largest absolute Gasteiger partial charge is 0.491 e. The fourth-order valence-corrected chi connectivity index (χ4v) is 2.15. The number of benzene rings is 1.